The van der Waals surface area contributed by atoms with Crippen molar-refractivity contribution < 1.29 is 13.2 Å². The molecular weight excluding hydrogens is 440 g/mol. The first-order valence-electron chi connectivity index (χ1n) is 10.4. The maximum Gasteiger partial charge on any atom is 0.229 e. The number of sulfone groups is 1. The first-order chi connectivity index (χ1) is 15.7. The van der Waals surface area contributed by atoms with Crippen LogP contribution in [0.1, 0.15) is 19.5 Å². The van der Waals surface area contributed by atoms with Crippen molar-refractivity contribution >= 4 is 43.9 Å². The van der Waals surface area contributed by atoms with Crippen molar-refractivity contribution in [2.45, 2.75) is 30.9 Å². The van der Waals surface area contributed by atoms with Crippen LogP contribution in [0.3, 0.4) is 0 Å². The number of ether oxygens (including phenoxy) is 1. The molecule has 0 radical (unpaired) electrons. The van der Waals surface area contributed by atoms with Gasteiger partial charge < -0.3 is 15.0 Å². The number of aromatic nitrogens is 4. The topological polar surface area (TPSA) is 113 Å². The van der Waals surface area contributed by atoms with Gasteiger partial charge in [0.15, 0.2) is 9.84 Å². The van der Waals surface area contributed by atoms with E-state index in [1.54, 1.807) is 38.2 Å². The van der Waals surface area contributed by atoms with Gasteiger partial charge in [0.1, 0.15) is 11.6 Å². The molecule has 0 amide bonds. The smallest absolute Gasteiger partial charge is 0.229 e. The number of aryl methyl sites for hydroxylation is 1. The molecular formula is C23H26N6O3S. The van der Waals surface area contributed by atoms with Gasteiger partial charge in [-0.1, -0.05) is 0 Å². The molecule has 2 aromatic heterocycles. The Labute approximate surface area is 192 Å². The number of methoxy groups -OCH3 is 1. The summed E-state index contributed by atoms with van der Waals surface area (Å²) in [4.78, 5) is 11.0. The maximum atomic E-state index is 12.6. The highest BCUT2D eigenvalue weighted by atomic mass is 32.2. The largest absolute Gasteiger partial charge is 0.495 e. The molecule has 0 spiro atoms. The van der Waals surface area contributed by atoms with Crippen LogP contribution in [0.2, 0.25) is 0 Å². The number of aromatic amines is 1. The zero-order chi connectivity index (χ0) is 23.8. The van der Waals surface area contributed by atoms with E-state index in [0.717, 1.165) is 22.3 Å². The van der Waals surface area contributed by atoms with Crippen LogP contribution in [0.25, 0.3) is 10.9 Å². The molecule has 0 atom stereocenters. The summed E-state index contributed by atoms with van der Waals surface area (Å²) in [6, 6.07) is 12.5. The van der Waals surface area contributed by atoms with E-state index >= 15 is 0 Å². The lowest BCUT2D eigenvalue weighted by Crippen LogP contribution is -2.14. The van der Waals surface area contributed by atoms with E-state index in [0.29, 0.717) is 23.2 Å². The Morgan fingerprint density at radius 3 is 2.64 bits per heavy atom. The van der Waals surface area contributed by atoms with Crippen LogP contribution in [-0.2, 0) is 9.84 Å². The van der Waals surface area contributed by atoms with E-state index in [2.05, 4.69) is 25.5 Å². The van der Waals surface area contributed by atoms with Crippen molar-refractivity contribution in [2.75, 3.05) is 24.4 Å². The van der Waals surface area contributed by atoms with Crippen molar-refractivity contribution in [3.05, 3.63) is 54.4 Å². The molecule has 2 N–H and O–H groups in total. The molecule has 2 heterocycles. The molecule has 4 rings (SSSR count). The molecule has 0 fully saturated rings. The van der Waals surface area contributed by atoms with Gasteiger partial charge in [0.25, 0.3) is 0 Å². The minimum atomic E-state index is -3.44. The van der Waals surface area contributed by atoms with E-state index in [9.17, 15) is 8.42 Å². The monoisotopic (exact) mass is 466 g/mol. The average molecular weight is 467 g/mol. The first kappa shape index (κ1) is 22.5. The van der Waals surface area contributed by atoms with Gasteiger partial charge in [-0.05, 0) is 63.2 Å². The molecule has 0 unspecified atom stereocenters. The van der Waals surface area contributed by atoms with Gasteiger partial charge in [-0.25, -0.2) is 13.4 Å². The SMILES string of the molecule is COc1ccc(S(=O)(=O)C(C)C)cc1Nc1nccc(N(C)c2ccc3c(C)[nH]nc3c2)n1. The van der Waals surface area contributed by atoms with Crippen LogP contribution in [0.15, 0.2) is 53.6 Å². The van der Waals surface area contributed by atoms with Gasteiger partial charge in [0.05, 0.1) is 28.5 Å². The maximum absolute atomic E-state index is 12.6. The van der Waals surface area contributed by atoms with Crippen LogP contribution in [0.5, 0.6) is 5.75 Å². The van der Waals surface area contributed by atoms with E-state index in [1.807, 2.05) is 37.1 Å². The Hall–Kier alpha value is -3.66. The van der Waals surface area contributed by atoms with Crippen LogP contribution < -0.4 is 15.0 Å². The molecule has 10 heteroatoms. The van der Waals surface area contributed by atoms with Crippen LogP contribution in [-0.4, -0.2) is 48.0 Å². The third kappa shape index (κ3) is 4.34. The van der Waals surface area contributed by atoms with Crippen molar-refractivity contribution in [3.63, 3.8) is 0 Å². The summed E-state index contributed by atoms with van der Waals surface area (Å²) < 4.78 is 30.6. The molecule has 0 aliphatic carbocycles. The van der Waals surface area contributed by atoms with Crippen LogP contribution in [0.4, 0.5) is 23.1 Å². The molecule has 0 saturated carbocycles. The summed E-state index contributed by atoms with van der Waals surface area (Å²) in [6.45, 7) is 5.28. The number of rotatable bonds is 7. The molecule has 0 aliphatic rings. The lowest BCUT2D eigenvalue weighted by atomic mass is 10.2. The second-order valence-electron chi connectivity index (χ2n) is 7.93. The van der Waals surface area contributed by atoms with Crippen LogP contribution >= 0.6 is 0 Å². The number of anilines is 4. The molecule has 0 aliphatic heterocycles. The molecule has 172 valence electrons. The van der Waals surface area contributed by atoms with Crippen molar-refractivity contribution in [1.82, 2.24) is 20.2 Å². The van der Waals surface area contributed by atoms with Gasteiger partial charge in [0, 0.05) is 30.0 Å². The number of fused-ring (bicyclic) bond motifs is 1. The third-order valence-corrected chi connectivity index (χ3v) is 7.62. The minimum absolute atomic E-state index is 0.205. The summed E-state index contributed by atoms with van der Waals surface area (Å²) >= 11 is 0. The summed E-state index contributed by atoms with van der Waals surface area (Å²) in [5, 5.41) is 11.0. The lowest BCUT2D eigenvalue weighted by molar-refractivity contribution is 0.416. The molecule has 0 bridgehead atoms. The summed E-state index contributed by atoms with van der Waals surface area (Å²) in [5.74, 6) is 1.46. The second kappa shape index (κ2) is 8.70. The Kier molecular flexibility index (Phi) is 5.94. The van der Waals surface area contributed by atoms with Crippen molar-refractivity contribution in [3.8, 4) is 5.75 Å². The van der Waals surface area contributed by atoms with E-state index < -0.39 is 15.1 Å². The highest BCUT2D eigenvalue weighted by Gasteiger charge is 2.21. The zero-order valence-electron chi connectivity index (χ0n) is 19.1. The van der Waals surface area contributed by atoms with E-state index in [-0.39, 0.29) is 4.90 Å². The predicted molar refractivity (Wildman–Crippen MR) is 130 cm³/mol. The van der Waals surface area contributed by atoms with Crippen molar-refractivity contribution in [1.29, 1.82) is 0 Å². The molecule has 9 nitrogen and oxygen atoms in total. The first-order valence-corrected chi connectivity index (χ1v) is 12.0. The van der Waals surface area contributed by atoms with Gasteiger partial charge in [-0.15, -0.1) is 0 Å². The summed E-state index contributed by atoms with van der Waals surface area (Å²) in [5.41, 5.74) is 3.27. The quantitative estimate of drug-likeness (QED) is 0.413. The minimum Gasteiger partial charge on any atom is -0.495 e. The third-order valence-electron chi connectivity index (χ3n) is 5.47. The van der Waals surface area contributed by atoms with Gasteiger partial charge in [-0.2, -0.15) is 10.1 Å². The summed E-state index contributed by atoms with van der Waals surface area (Å²) in [7, 11) is -0.0148. The molecule has 4 aromatic rings. The highest BCUT2D eigenvalue weighted by molar-refractivity contribution is 7.92. The fourth-order valence-corrected chi connectivity index (χ4v) is 4.51. The lowest BCUT2D eigenvalue weighted by Gasteiger charge is -2.19. The Bertz CT molecular complexity index is 1410. The van der Waals surface area contributed by atoms with Gasteiger partial charge in [0.2, 0.25) is 5.95 Å². The predicted octanol–water partition coefficient (Wildman–Crippen LogP) is 4.36. The number of hydrogen-bond acceptors (Lipinski definition) is 8. The van der Waals surface area contributed by atoms with Crippen LogP contribution in [0, 0.1) is 6.92 Å². The molecule has 2 aromatic carbocycles. The fraction of sp³-hybridized carbons (Fsp3) is 0.261. The number of nitrogens with zero attached hydrogens (tertiary/aromatic N) is 4. The highest BCUT2D eigenvalue weighted by Crippen LogP contribution is 2.32. The number of hydrogen-bond donors (Lipinski definition) is 2. The van der Waals surface area contributed by atoms with E-state index in [4.69, 9.17) is 4.74 Å². The fourth-order valence-electron chi connectivity index (χ4n) is 3.43. The van der Waals surface area contributed by atoms with Gasteiger partial charge in [-0.3, -0.25) is 5.10 Å². The number of nitrogens with one attached hydrogen (secondary N) is 2. The summed E-state index contributed by atoms with van der Waals surface area (Å²) in [6.07, 6.45) is 1.64. The zero-order valence-corrected chi connectivity index (χ0v) is 19.9. The Morgan fingerprint density at radius 2 is 1.91 bits per heavy atom. The standard InChI is InChI=1S/C23H26N6O3S/c1-14(2)33(30,31)17-7-9-21(32-5)20(13-17)25-23-24-11-10-22(26-23)29(4)16-6-8-18-15(3)27-28-19(18)12-16/h6-14H,1-5H3,(H,27,28)(H,24,25,26). The number of benzene rings is 2. The average Bonchev–Trinajstić information content (AvgIpc) is 3.18. The van der Waals surface area contributed by atoms with Crippen molar-refractivity contribution in [2.24, 2.45) is 0 Å². The molecule has 0 saturated heterocycles. The second-order valence-corrected chi connectivity index (χ2v) is 10.4. The number of H-pyrrole nitrogens is 1. The Morgan fingerprint density at radius 1 is 1.12 bits per heavy atom. The molecule has 33 heavy (non-hydrogen) atoms. The normalized spacial score (nSPS) is 11.7. The van der Waals surface area contributed by atoms with E-state index in [1.165, 1.54) is 13.2 Å². The Balaban J connectivity index is 1.65. The van der Waals surface area contributed by atoms with Gasteiger partial charge >= 0.3 is 0 Å².